The molecule has 0 aliphatic rings. The highest BCUT2D eigenvalue weighted by Gasteiger charge is 2.11. The minimum Gasteiger partial charge on any atom is -0.369 e. The number of hydrogen-bond donors (Lipinski definition) is 1. The van der Waals surface area contributed by atoms with E-state index in [0.717, 1.165) is 11.6 Å². The summed E-state index contributed by atoms with van der Waals surface area (Å²) in [5.41, 5.74) is 0. The first kappa shape index (κ1) is 14.7. The fourth-order valence-corrected chi connectivity index (χ4v) is 2.72. The first-order valence-corrected chi connectivity index (χ1v) is 7.44. The zero-order valence-electron chi connectivity index (χ0n) is 9.95. The Hall–Kier alpha value is -0.680. The molecule has 7 heteroatoms. The molecule has 0 atom stereocenters. The van der Waals surface area contributed by atoms with Crippen LogP contribution in [0.25, 0.3) is 0 Å². The maximum Gasteiger partial charge on any atom is 0.146 e. The Labute approximate surface area is 130 Å². The molecular weight excluding hydrogens is 325 g/mol. The van der Waals surface area contributed by atoms with Crippen molar-refractivity contribution in [2.45, 2.75) is 17.0 Å². The number of halogens is 3. The van der Waals surface area contributed by atoms with Crippen molar-refractivity contribution in [2.75, 3.05) is 11.9 Å². The van der Waals surface area contributed by atoms with Gasteiger partial charge in [0.25, 0.3) is 0 Å². The molecule has 0 unspecified atom stereocenters. The van der Waals surface area contributed by atoms with Gasteiger partial charge in [0.15, 0.2) is 0 Å². The van der Waals surface area contributed by atoms with E-state index in [-0.39, 0.29) is 0 Å². The predicted molar refractivity (Wildman–Crippen MR) is 81.8 cm³/mol. The molecule has 0 radical (unpaired) electrons. The summed E-state index contributed by atoms with van der Waals surface area (Å²) < 4.78 is 0. The molecule has 0 aliphatic carbocycles. The average Bonchev–Trinajstić information content (AvgIpc) is 2.38. The van der Waals surface area contributed by atoms with Gasteiger partial charge in [-0.15, -0.1) is 0 Å². The Morgan fingerprint density at radius 2 is 2.00 bits per heavy atom. The van der Waals surface area contributed by atoms with E-state index < -0.39 is 0 Å². The molecule has 2 aromatic rings. The minimum absolute atomic E-state index is 0.494. The van der Waals surface area contributed by atoms with E-state index in [1.807, 2.05) is 13.0 Å². The van der Waals surface area contributed by atoms with Crippen LogP contribution in [0.3, 0.4) is 0 Å². The number of rotatable bonds is 4. The standard InChI is InChI=1S/C12H10Cl3N3S/c1-2-16-11-8(14)5-9(15)12(18-11)19-10-4-3-7(13)6-17-10/h3-6H,2H2,1H3,(H,16,18). The third kappa shape index (κ3) is 3.89. The number of pyridine rings is 2. The fraction of sp³-hybridized carbons (Fsp3) is 0.167. The third-order valence-electron chi connectivity index (χ3n) is 2.14. The quantitative estimate of drug-likeness (QED) is 0.852. The highest BCUT2D eigenvalue weighted by atomic mass is 35.5. The van der Waals surface area contributed by atoms with Gasteiger partial charge < -0.3 is 5.32 Å². The van der Waals surface area contributed by atoms with Gasteiger partial charge in [-0.25, -0.2) is 9.97 Å². The summed E-state index contributed by atoms with van der Waals surface area (Å²) in [4.78, 5) is 8.59. The molecule has 0 bridgehead atoms. The first-order chi connectivity index (χ1) is 9.10. The Balaban J connectivity index is 2.28. The molecule has 1 N–H and O–H groups in total. The molecule has 0 amide bonds. The van der Waals surface area contributed by atoms with Crippen molar-refractivity contribution in [2.24, 2.45) is 0 Å². The van der Waals surface area contributed by atoms with Crippen molar-refractivity contribution in [3.8, 4) is 0 Å². The van der Waals surface area contributed by atoms with Gasteiger partial charge in [-0.1, -0.05) is 34.8 Å². The summed E-state index contributed by atoms with van der Waals surface area (Å²) in [5.74, 6) is 0.616. The van der Waals surface area contributed by atoms with Crippen LogP contribution in [0, 0.1) is 0 Å². The van der Waals surface area contributed by atoms with Gasteiger partial charge in [0.2, 0.25) is 0 Å². The lowest BCUT2D eigenvalue weighted by atomic mass is 10.4. The van der Waals surface area contributed by atoms with Crippen molar-refractivity contribution in [3.63, 3.8) is 0 Å². The minimum atomic E-state index is 0.494. The van der Waals surface area contributed by atoms with E-state index in [0.29, 0.717) is 25.9 Å². The van der Waals surface area contributed by atoms with Crippen LogP contribution >= 0.6 is 46.6 Å². The maximum absolute atomic E-state index is 6.13. The predicted octanol–water partition coefficient (Wildman–Crippen LogP) is 5.02. The Morgan fingerprint density at radius 3 is 2.63 bits per heavy atom. The molecule has 2 rings (SSSR count). The molecule has 0 spiro atoms. The molecule has 0 fully saturated rings. The van der Waals surface area contributed by atoms with E-state index in [1.54, 1.807) is 18.3 Å². The van der Waals surface area contributed by atoms with Crippen LogP contribution in [0.4, 0.5) is 5.82 Å². The molecule has 2 aromatic heterocycles. The monoisotopic (exact) mass is 333 g/mol. The van der Waals surface area contributed by atoms with Crippen molar-refractivity contribution in [1.82, 2.24) is 9.97 Å². The molecular formula is C12H10Cl3N3S. The second-order valence-electron chi connectivity index (χ2n) is 3.55. The Kier molecular flexibility index (Phi) is 5.16. The van der Waals surface area contributed by atoms with Gasteiger partial charge in [0.05, 0.1) is 15.1 Å². The van der Waals surface area contributed by atoms with E-state index in [4.69, 9.17) is 34.8 Å². The molecule has 0 aromatic carbocycles. The largest absolute Gasteiger partial charge is 0.369 e. The highest BCUT2D eigenvalue weighted by molar-refractivity contribution is 7.99. The summed E-state index contributed by atoms with van der Waals surface area (Å²) in [6.45, 7) is 2.71. The normalized spacial score (nSPS) is 10.5. The summed E-state index contributed by atoms with van der Waals surface area (Å²) in [5, 5.41) is 6.08. The van der Waals surface area contributed by atoms with Crippen molar-refractivity contribution < 1.29 is 0 Å². The van der Waals surface area contributed by atoms with E-state index >= 15 is 0 Å². The SMILES string of the molecule is CCNc1nc(Sc2ccc(Cl)cn2)c(Cl)cc1Cl. The lowest BCUT2D eigenvalue weighted by Gasteiger charge is -2.09. The summed E-state index contributed by atoms with van der Waals surface area (Å²) in [7, 11) is 0. The zero-order valence-corrected chi connectivity index (χ0v) is 13.0. The maximum atomic E-state index is 6.13. The third-order valence-corrected chi connectivity index (χ3v) is 4.01. The molecule has 0 aliphatic heterocycles. The highest BCUT2D eigenvalue weighted by Crippen LogP contribution is 2.35. The second-order valence-corrected chi connectivity index (χ2v) is 5.81. The van der Waals surface area contributed by atoms with E-state index in [9.17, 15) is 0 Å². The van der Waals surface area contributed by atoms with Gasteiger partial charge in [-0.2, -0.15) is 0 Å². The van der Waals surface area contributed by atoms with Gasteiger partial charge in [-0.3, -0.25) is 0 Å². The summed E-state index contributed by atoms with van der Waals surface area (Å²) in [6, 6.07) is 5.25. The molecule has 0 saturated carbocycles. The number of aromatic nitrogens is 2. The topological polar surface area (TPSA) is 37.8 Å². The van der Waals surface area contributed by atoms with E-state index in [1.165, 1.54) is 11.8 Å². The lowest BCUT2D eigenvalue weighted by molar-refractivity contribution is 1.07. The molecule has 19 heavy (non-hydrogen) atoms. The number of anilines is 1. The zero-order chi connectivity index (χ0) is 13.8. The Bertz CT molecular complexity index is 575. The van der Waals surface area contributed by atoms with Crippen LogP contribution in [0.15, 0.2) is 34.4 Å². The number of nitrogens with one attached hydrogen (secondary N) is 1. The van der Waals surface area contributed by atoms with Gasteiger partial charge >= 0.3 is 0 Å². The molecule has 0 saturated heterocycles. The fourth-order valence-electron chi connectivity index (χ4n) is 1.33. The van der Waals surface area contributed by atoms with Crippen LogP contribution in [0.2, 0.25) is 15.1 Å². The van der Waals surface area contributed by atoms with Crippen molar-refractivity contribution >= 4 is 52.4 Å². The lowest BCUT2D eigenvalue weighted by Crippen LogP contribution is -2.01. The summed E-state index contributed by atoms with van der Waals surface area (Å²) >= 11 is 19.3. The summed E-state index contributed by atoms with van der Waals surface area (Å²) in [6.07, 6.45) is 1.58. The van der Waals surface area contributed by atoms with Crippen LogP contribution in [0.1, 0.15) is 6.92 Å². The smallest absolute Gasteiger partial charge is 0.146 e. The van der Waals surface area contributed by atoms with Crippen LogP contribution in [0.5, 0.6) is 0 Å². The van der Waals surface area contributed by atoms with Crippen LogP contribution in [-0.4, -0.2) is 16.5 Å². The van der Waals surface area contributed by atoms with Crippen LogP contribution < -0.4 is 5.32 Å². The van der Waals surface area contributed by atoms with E-state index in [2.05, 4.69) is 15.3 Å². The molecule has 2 heterocycles. The first-order valence-electron chi connectivity index (χ1n) is 5.49. The second kappa shape index (κ2) is 6.66. The van der Waals surface area contributed by atoms with Crippen molar-refractivity contribution in [3.05, 3.63) is 39.5 Å². The van der Waals surface area contributed by atoms with Gasteiger partial charge in [-0.05, 0) is 36.9 Å². The average molecular weight is 335 g/mol. The molecule has 100 valence electrons. The Morgan fingerprint density at radius 1 is 1.21 bits per heavy atom. The van der Waals surface area contributed by atoms with Crippen LogP contribution in [-0.2, 0) is 0 Å². The molecule has 3 nitrogen and oxygen atoms in total. The number of hydrogen-bond acceptors (Lipinski definition) is 4. The van der Waals surface area contributed by atoms with Gasteiger partial charge in [0.1, 0.15) is 15.9 Å². The number of nitrogens with zero attached hydrogens (tertiary/aromatic N) is 2. The van der Waals surface area contributed by atoms with Gasteiger partial charge in [0, 0.05) is 12.7 Å². The van der Waals surface area contributed by atoms with Crippen molar-refractivity contribution in [1.29, 1.82) is 0 Å².